The molecule has 2 heterocycles. The highest BCUT2D eigenvalue weighted by Gasteiger charge is 2.48. The third-order valence-corrected chi connectivity index (χ3v) is 6.84. The van der Waals surface area contributed by atoms with Gasteiger partial charge in [0, 0.05) is 62.9 Å². The van der Waals surface area contributed by atoms with E-state index in [0.717, 1.165) is 63.4 Å². The Morgan fingerprint density at radius 2 is 1.91 bits per heavy atom. The highest BCUT2D eigenvalue weighted by Crippen LogP contribution is 2.46. The smallest absolute Gasteiger partial charge is 0.173 e. The van der Waals surface area contributed by atoms with Crippen LogP contribution in [-0.4, -0.2) is 74.0 Å². The molecule has 32 heavy (non-hydrogen) atoms. The second kappa shape index (κ2) is 9.20. The lowest BCUT2D eigenvalue weighted by atomic mass is 10.1. The van der Waals surface area contributed by atoms with E-state index in [-0.39, 0.29) is 6.17 Å². The molecule has 0 bridgehead atoms. The van der Waals surface area contributed by atoms with E-state index >= 15 is 0 Å². The number of hydrogen-bond acceptors (Lipinski definition) is 7. The van der Waals surface area contributed by atoms with Crippen molar-refractivity contribution in [3.63, 3.8) is 0 Å². The van der Waals surface area contributed by atoms with Crippen LogP contribution in [0.15, 0.2) is 59.7 Å². The van der Waals surface area contributed by atoms with Gasteiger partial charge < -0.3 is 14.5 Å². The Kier molecular flexibility index (Phi) is 5.99. The molecule has 3 aliphatic rings. The molecule has 1 saturated heterocycles. The lowest BCUT2D eigenvalue weighted by Gasteiger charge is -2.36. The van der Waals surface area contributed by atoms with Crippen molar-refractivity contribution < 1.29 is 9.53 Å². The summed E-state index contributed by atoms with van der Waals surface area (Å²) in [6.07, 6.45) is 2.57. The average molecular weight is 434 g/mol. The number of methoxy groups -OCH3 is 1. The van der Waals surface area contributed by atoms with Crippen molar-refractivity contribution in [1.82, 2.24) is 15.2 Å². The van der Waals surface area contributed by atoms with Gasteiger partial charge in [-0.1, -0.05) is 36.4 Å². The zero-order valence-corrected chi connectivity index (χ0v) is 18.6. The number of aldehydes is 1. The number of ether oxygens (including phenoxy) is 1. The number of hydrogen-bond donors (Lipinski definition) is 1. The van der Waals surface area contributed by atoms with Gasteiger partial charge in [-0.05, 0) is 24.1 Å². The standard InChI is InChI=1S/C25H31N5O2/c1-32-21-9-5-8-20(16-21)29-14-12-28(13-15-29)11-10-24-26-27-25(18-31)30(24)23-17-22(23)19-6-3-2-4-7-19/h2-9,16,18,22-23,25,27H,10-15,17H2,1H3. The highest BCUT2D eigenvalue weighted by molar-refractivity contribution is 5.87. The normalized spacial score (nSPS) is 25.3. The van der Waals surface area contributed by atoms with Gasteiger partial charge in [-0.15, -0.1) is 0 Å². The monoisotopic (exact) mass is 433 g/mol. The summed E-state index contributed by atoms with van der Waals surface area (Å²) >= 11 is 0. The molecule has 7 nitrogen and oxygen atoms in total. The quantitative estimate of drug-likeness (QED) is 0.646. The number of hydrazone groups is 1. The second-order valence-electron chi connectivity index (χ2n) is 8.75. The van der Waals surface area contributed by atoms with Gasteiger partial charge in [-0.3, -0.25) is 15.1 Å². The fraction of sp³-hybridized carbons (Fsp3) is 0.440. The van der Waals surface area contributed by atoms with Crippen LogP contribution in [0.1, 0.15) is 24.3 Å². The van der Waals surface area contributed by atoms with Crippen molar-refractivity contribution in [3.05, 3.63) is 60.2 Å². The minimum absolute atomic E-state index is 0.339. The first-order valence-electron chi connectivity index (χ1n) is 11.5. The summed E-state index contributed by atoms with van der Waals surface area (Å²) in [5, 5.41) is 4.54. The van der Waals surface area contributed by atoms with Crippen LogP contribution in [0.3, 0.4) is 0 Å². The molecule has 7 heteroatoms. The minimum Gasteiger partial charge on any atom is -0.497 e. The molecule has 5 rings (SSSR count). The summed E-state index contributed by atoms with van der Waals surface area (Å²) in [4.78, 5) is 18.8. The Hall–Kier alpha value is -3.06. The molecule has 3 atom stereocenters. The van der Waals surface area contributed by atoms with Gasteiger partial charge in [0.2, 0.25) is 0 Å². The zero-order chi connectivity index (χ0) is 21.9. The van der Waals surface area contributed by atoms with E-state index in [1.54, 1.807) is 7.11 Å². The van der Waals surface area contributed by atoms with Crippen LogP contribution in [-0.2, 0) is 4.79 Å². The maximum atomic E-state index is 11.7. The van der Waals surface area contributed by atoms with Gasteiger partial charge in [-0.25, -0.2) is 0 Å². The van der Waals surface area contributed by atoms with E-state index in [1.807, 2.05) is 18.2 Å². The van der Waals surface area contributed by atoms with Crippen molar-refractivity contribution >= 4 is 17.8 Å². The molecule has 3 unspecified atom stereocenters. The van der Waals surface area contributed by atoms with Crippen molar-refractivity contribution in [2.45, 2.75) is 31.0 Å². The summed E-state index contributed by atoms with van der Waals surface area (Å²) in [5.41, 5.74) is 5.60. The topological polar surface area (TPSA) is 60.4 Å². The third-order valence-electron chi connectivity index (χ3n) is 6.84. The Balaban J connectivity index is 1.15. The third kappa shape index (κ3) is 4.30. The van der Waals surface area contributed by atoms with Gasteiger partial charge >= 0.3 is 0 Å². The predicted molar refractivity (Wildman–Crippen MR) is 126 cm³/mol. The fourth-order valence-electron chi connectivity index (χ4n) is 4.94. The van der Waals surface area contributed by atoms with Crippen LogP contribution in [0.4, 0.5) is 5.69 Å². The van der Waals surface area contributed by atoms with Gasteiger partial charge in [-0.2, -0.15) is 5.10 Å². The number of rotatable bonds is 8. The van der Waals surface area contributed by atoms with E-state index < -0.39 is 0 Å². The van der Waals surface area contributed by atoms with Crippen molar-refractivity contribution in [3.8, 4) is 5.75 Å². The fourth-order valence-corrected chi connectivity index (χ4v) is 4.94. The largest absolute Gasteiger partial charge is 0.497 e. The Morgan fingerprint density at radius 3 is 2.66 bits per heavy atom. The SMILES string of the molecule is COc1cccc(N2CCN(CCC3=NNC(C=O)N3C3CC3c3ccccc3)CC2)c1. The molecule has 0 radical (unpaired) electrons. The minimum atomic E-state index is -0.339. The zero-order valence-electron chi connectivity index (χ0n) is 18.6. The van der Waals surface area contributed by atoms with E-state index in [1.165, 1.54) is 11.3 Å². The summed E-state index contributed by atoms with van der Waals surface area (Å²) in [7, 11) is 1.71. The number of nitrogens with zero attached hydrogens (tertiary/aromatic N) is 4. The van der Waals surface area contributed by atoms with E-state index in [9.17, 15) is 4.79 Å². The van der Waals surface area contributed by atoms with Crippen molar-refractivity contribution in [2.75, 3.05) is 44.7 Å². The van der Waals surface area contributed by atoms with Gasteiger partial charge in [0.15, 0.2) is 12.5 Å². The van der Waals surface area contributed by atoms with Gasteiger partial charge in [0.25, 0.3) is 0 Å². The van der Waals surface area contributed by atoms with Gasteiger partial charge in [0.05, 0.1) is 7.11 Å². The second-order valence-corrected chi connectivity index (χ2v) is 8.75. The lowest BCUT2D eigenvalue weighted by Crippen LogP contribution is -2.48. The molecule has 0 aromatic heterocycles. The lowest BCUT2D eigenvalue weighted by molar-refractivity contribution is -0.111. The van der Waals surface area contributed by atoms with Gasteiger partial charge in [0.1, 0.15) is 11.6 Å². The van der Waals surface area contributed by atoms with Crippen molar-refractivity contribution in [2.24, 2.45) is 5.10 Å². The molecular weight excluding hydrogens is 402 g/mol. The van der Waals surface area contributed by atoms with Crippen LogP contribution in [0.5, 0.6) is 5.75 Å². The number of benzene rings is 2. The molecule has 168 valence electrons. The molecular formula is C25H31N5O2. The first kappa shape index (κ1) is 20.8. The molecule has 2 aliphatic heterocycles. The van der Waals surface area contributed by atoms with Crippen LogP contribution in [0.2, 0.25) is 0 Å². The Morgan fingerprint density at radius 1 is 1.09 bits per heavy atom. The van der Waals surface area contributed by atoms with E-state index in [4.69, 9.17) is 4.74 Å². The Bertz CT molecular complexity index is 958. The highest BCUT2D eigenvalue weighted by atomic mass is 16.5. The summed E-state index contributed by atoms with van der Waals surface area (Å²) < 4.78 is 5.36. The molecule has 0 amide bonds. The number of carbonyl (C=O) groups excluding carboxylic acids is 1. The summed E-state index contributed by atoms with van der Waals surface area (Å²) in [5.74, 6) is 2.39. The molecule has 2 aromatic carbocycles. The number of carbonyl (C=O) groups is 1. The maximum Gasteiger partial charge on any atom is 0.173 e. The Labute approximate surface area is 189 Å². The molecule has 2 fully saturated rings. The number of amidine groups is 1. The molecule has 1 aliphatic carbocycles. The number of anilines is 1. The first-order chi connectivity index (χ1) is 15.8. The summed E-state index contributed by atoms with van der Waals surface area (Å²) in [6, 6.07) is 19.2. The molecule has 1 saturated carbocycles. The summed E-state index contributed by atoms with van der Waals surface area (Å²) in [6.45, 7) is 4.99. The number of piperazine rings is 1. The maximum absolute atomic E-state index is 11.7. The molecule has 0 spiro atoms. The van der Waals surface area contributed by atoms with E-state index in [2.05, 4.69) is 61.6 Å². The van der Waals surface area contributed by atoms with Crippen molar-refractivity contribution in [1.29, 1.82) is 0 Å². The first-order valence-corrected chi connectivity index (χ1v) is 11.5. The number of nitrogens with one attached hydrogen (secondary N) is 1. The average Bonchev–Trinajstić information content (AvgIpc) is 3.55. The van der Waals surface area contributed by atoms with Crippen LogP contribution >= 0.6 is 0 Å². The van der Waals surface area contributed by atoms with Crippen LogP contribution in [0, 0.1) is 0 Å². The van der Waals surface area contributed by atoms with Crippen LogP contribution < -0.4 is 15.1 Å². The molecule has 2 aromatic rings. The molecule has 1 N–H and O–H groups in total. The van der Waals surface area contributed by atoms with E-state index in [0.29, 0.717) is 12.0 Å². The van der Waals surface area contributed by atoms with Crippen LogP contribution in [0.25, 0.3) is 0 Å². The predicted octanol–water partition coefficient (Wildman–Crippen LogP) is 2.51.